The largest absolute Gasteiger partial charge is 0.496 e. The SMILES string of the molecule is COc1cc(-c2cnn(C)c2)ccc1Cc1ncc2ccnc(NCC3(O)CCC3)c2n1. The lowest BCUT2D eigenvalue weighted by Crippen LogP contribution is -2.43. The van der Waals surface area contributed by atoms with Crippen LogP contribution in [0, 0.1) is 0 Å². The molecule has 0 radical (unpaired) electrons. The maximum absolute atomic E-state index is 10.4. The van der Waals surface area contributed by atoms with Gasteiger partial charge in [0, 0.05) is 55.1 Å². The van der Waals surface area contributed by atoms with Crippen molar-refractivity contribution in [3.63, 3.8) is 0 Å². The minimum absolute atomic E-state index is 0.474. The predicted octanol–water partition coefficient (Wildman–Crippen LogP) is 3.35. The van der Waals surface area contributed by atoms with Crippen LogP contribution in [-0.4, -0.2) is 49.1 Å². The molecule has 0 bridgehead atoms. The minimum atomic E-state index is -0.636. The van der Waals surface area contributed by atoms with E-state index in [-0.39, 0.29) is 0 Å². The van der Waals surface area contributed by atoms with Crippen LogP contribution in [0.5, 0.6) is 5.75 Å². The summed E-state index contributed by atoms with van der Waals surface area (Å²) in [5.74, 6) is 2.14. The van der Waals surface area contributed by atoms with Crippen LogP contribution >= 0.6 is 0 Å². The highest BCUT2D eigenvalue weighted by molar-refractivity contribution is 5.87. The van der Waals surface area contributed by atoms with E-state index in [1.54, 1.807) is 18.0 Å². The van der Waals surface area contributed by atoms with E-state index in [1.807, 2.05) is 43.8 Å². The van der Waals surface area contributed by atoms with Gasteiger partial charge in [-0.1, -0.05) is 12.1 Å². The first kappa shape index (κ1) is 20.4. The molecule has 1 fully saturated rings. The lowest BCUT2D eigenvalue weighted by atomic mass is 9.80. The smallest absolute Gasteiger partial charge is 0.152 e. The molecule has 4 aromatic rings. The summed E-state index contributed by atoms with van der Waals surface area (Å²) in [5, 5.41) is 18.9. The Morgan fingerprint density at radius 2 is 2.03 bits per heavy atom. The number of aliphatic hydroxyl groups is 1. The molecule has 8 heteroatoms. The van der Waals surface area contributed by atoms with Crippen LogP contribution in [0.2, 0.25) is 0 Å². The van der Waals surface area contributed by atoms with E-state index in [1.165, 1.54) is 0 Å². The summed E-state index contributed by atoms with van der Waals surface area (Å²) >= 11 is 0. The predicted molar refractivity (Wildman–Crippen MR) is 123 cm³/mol. The molecule has 0 spiro atoms. The monoisotopic (exact) mass is 430 g/mol. The number of methoxy groups -OCH3 is 1. The van der Waals surface area contributed by atoms with Gasteiger partial charge in [0.2, 0.25) is 0 Å². The maximum Gasteiger partial charge on any atom is 0.152 e. The molecule has 32 heavy (non-hydrogen) atoms. The number of rotatable bonds is 7. The third kappa shape index (κ3) is 4.01. The minimum Gasteiger partial charge on any atom is -0.496 e. The van der Waals surface area contributed by atoms with Gasteiger partial charge in [0.15, 0.2) is 5.82 Å². The fourth-order valence-corrected chi connectivity index (χ4v) is 4.03. The standard InChI is InChI=1S/C24H26N6O2/c1-30-14-19(13-28-30)16-4-5-17(20(10-16)32-2)11-21-26-12-18-6-9-25-23(22(18)29-21)27-15-24(31)7-3-8-24/h4-6,9-10,12-14,31H,3,7-8,11,15H2,1-2H3,(H,25,27). The van der Waals surface area contributed by atoms with E-state index in [4.69, 9.17) is 9.72 Å². The number of anilines is 1. The van der Waals surface area contributed by atoms with Crippen molar-refractivity contribution in [2.24, 2.45) is 7.05 Å². The van der Waals surface area contributed by atoms with E-state index in [2.05, 4.69) is 26.4 Å². The summed E-state index contributed by atoms with van der Waals surface area (Å²) in [6.45, 7) is 0.474. The van der Waals surface area contributed by atoms with Crippen molar-refractivity contribution < 1.29 is 9.84 Å². The Morgan fingerprint density at radius 1 is 1.16 bits per heavy atom. The number of hydrogen-bond donors (Lipinski definition) is 2. The molecule has 0 aliphatic heterocycles. The number of ether oxygens (including phenoxy) is 1. The first-order valence-electron chi connectivity index (χ1n) is 10.8. The van der Waals surface area contributed by atoms with E-state index >= 15 is 0 Å². The average molecular weight is 431 g/mol. The first-order valence-corrected chi connectivity index (χ1v) is 10.8. The Bertz CT molecular complexity index is 1260. The number of benzene rings is 1. The molecule has 1 aromatic carbocycles. The van der Waals surface area contributed by atoms with Gasteiger partial charge < -0.3 is 15.2 Å². The Kier molecular flexibility index (Phi) is 5.22. The van der Waals surface area contributed by atoms with E-state index in [0.29, 0.717) is 24.6 Å². The Morgan fingerprint density at radius 3 is 2.75 bits per heavy atom. The van der Waals surface area contributed by atoms with Crippen molar-refractivity contribution in [1.29, 1.82) is 0 Å². The first-order chi connectivity index (χ1) is 15.5. The second kappa shape index (κ2) is 8.20. The number of hydrogen-bond acceptors (Lipinski definition) is 7. The van der Waals surface area contributed by atoms with Gasteiger partial charge in [-0.25, -0.2) is 15.0 Å². The normalized spacial score (nSPS) is 14.8. The van der Waals surface area contributed by atoms with Gasteiger partial charge in [-0.3, -0.25) is 4.68 Å². The molecule has 1 aliphatic carbocycles. The summed E-state index contributed by atoms with van der Waals surface area (Å²) in [6.07, 6.45) is 10.6. The molecule has 164 valence electrons. The Hall–Kier alpha value is -3.52. The van der Waals surface area contributed by atoms with Crippen molar-refractivity contribution in [2.45, 2.75) is 31.3 Å². The molecule has 0 unspecified atom stereocenters. The number of aromatic nitrogens is 5. The topological polar surface area (TPSA) is 98.0 Å². The molecule has 2 N–H and O–H groups in total. The van der Waals surface area contributed by atoms with Gasteiger partial charge >= 0.3 is 0 Å². The van der Waals surface area contributed by atoms with Crippen molar-refractivity contribution in [1.82, 2.24) is 24.7 Å². The third-order valence-corrected chi connectivity index (χ3v) is 6.09. The number of fused-ring (bicyclic) bond motifs is 1. The van der Waals surface area contributed by atoms with Crippen molar-refractivity contribution in [3.8, 4) is 16.9 Å². The average Bonchev–Trinajstić information content (AvgIpc) is 3.23. The lowest BCUT2D eigenvalue weighted by molar-refractivity contribution is -0.0202. The molecular formula is C24H26N6O2. The molecule has 5 rings (SSSR count). The molecular weight excluding hydrogens is 404 g/mol. The zero-order valence-electron chi connectivity index (χ0n) is 18.2. The molecule has 3 heterocycles. The summed E-state index contributed by atoms with van der Waals surface area (Å²) < 4.78 is 7.44. The number of aryl methyl sites for hydroxylation is 1. The zero-order valence-corrected chi connectivity index (χ0v) is 18.2. The number of pyridine rings is 1. The van der Waals surface area contributed by atoms with Crippen LogP contribution in [0.25, 0.3) is 22.0 Å². The van der Waals surface area contributed by atoms with Gasteiger partial charge in [-0.15, -0.1) is 0 Å². The van der Waals surface area contributed by atoms with Gasteiger partial charge in [0.1, 0.15) is 17.1 Å². The highest BCUT2D eigenvalue weighted by Gasteiger charge is 2.34. The Labute approximate surface area is 186 Å². The van der Waals surface area contributed by atoms with Gasteiger partial charge in [-0.2, -0.15) is 5.10 Å². The van der Waals surface area contributed by atoms with E-state index in [0.717, 1.165) is 52.6 Å². The van der Waals surface area contributed by atoms with Gasteiger partial charge in [0.05, 0.1) is 18.9 Å². The van der Waals surface area contributed by atoms with Gasteiger partial charge in [-0.05, 0) is 37.0 Å². The summed E-state index contributed by atoms with van der Waals surface area (Å²) in [4.78, 5) is 13.8. The highest BCUT2D eigenvalue weighted by Crippen LogP contribution is 2.32. The molecule has 0 amide bonds. The van der Waals surface area contributed by atoms with E-state index < -0.39 is 5.60 Å². The van der Waals surface area contributed by atoms with Crippen LogP contribution in [0.4, 0.5) is 5.82 Å². The maximum atomic E-state index is 10.4. The third-order valence-electron chi connectivity index (χ3n) is 6.09. The van der Waals surface area contributed by atoms with Crippen molar-refractivity contribution in [3.05, 3.63) is 60.4 Å². The number of nitrogens with zero attached hydrogens (tertiary/aromatic N) is 5. The fraction of sp³-hybridized carbons (Fsp3) is 0.333. The number of nitrogens with one attached hydrogen (secondary N) is 1. The van der Waals surface area contributed by atoms with Crippen molar-refractivity contribution in [2.75, 3.05) is 19.0 Å². The molecule has 0 saturated heterocycles. The highest BCUT2D eigenvalue weighted by atomic mass is 16.5. The van der Waals surface area contributed by atoms with Crippen LogP contribution in [0.1, 0.15) is 30.7 Å². The molecule has 3 aromatic heterocycles. The quantitative estimate of drug-likeness (QED) is 0.464. The van der Waals surface area contributed by atoms with Crippen LogP contribution < -0.4 is 10.1 Å². The van der Waals surface area contributed by atoms with E-state index in [9.17, 15) is 5.11 Å². The summed E-state index contributed by atoms with van der Waals surface area (Å²) in [6, 6.07) is 8.01. The second-order valence-corrected chi connectivity index (χ2v) is 8.42. The van der Waals surface area contributed by atoms with Crippen molar-refractivity contribution >= 4 is 16.7 Å². The second-order valence-electron chi connectivity index (χ2n) is 8.42. The summed E-state index contributed by atoms with van der Waals surface area (Å²) in [7, 11) is 3.57. The lowest BCUT2D eigenvalue weighted by Gasteiger charge is -2.36. The fourth-order valence-electron chi connectivity index (χ4n) is 4.03. The molecule has 1 aliphatic rings. The summed E-state index contributed by atoms with van der Waals surface area (Å²) in [5.41, 5.74) is 3.20. The van der Waals surface area contributed by atoms with Gasteiger partial charge in [0.25, 0.3) is 0 Å². The Balaban J connectivity index is 1.41. The van der Waals surface area contributed by atoms with Crippen LogP contribution in [0.3, 0.4) is 0 Å². The zero-order chi connectivity index (χ0) is 22.1. The van der Waals surface area contributed by atoms with Crippen LogP contribution in [-0.2, 0) is 13.5 Å². The van der Waals surface area contributed by atoms with Crippen LogP contribution in [0.15, 0.2) is 49.1 Å². The molecule has 1 saturated carbocycles. The molecule has 8 nitrogen and oxygen atoms in total. The molecule has 0 atom stereocenters.